The van der Waals surface area contributed by atoms with Crippen molar-refractivity contribution in [1.82, 2.24) is 0 Å². The van der Waals surface area contributed by atoms with Gasteiger partial charge in [-0.25, -0.2) is 0 Å². The summed E-state index contributed by atoms with van der Waals surface area (Å²) < 4.78 is 1.27. The second-order valence-corrected chi connectivity index (χ2v) is 5.23. The second kappa shape index (κ2) is 3.51. The number of halogens is 1. The molecule has 2 aromatic rings. The Morgan fingerprint density at radius 3 is 2.67 bits per heavy atom. The third-order valence-corrected chi connectivity index (χ3v) is 3.70. The second-order valence-electron chi connectivity index (χ2n) is 3.57. The Bertz CT molecular complexity index is 604. The molecule has 0 fully saturated rings. The van der Waals surface area contributed by atoms with Crippen molar-refractivity contribution in [3.05, 3.63) is 37.8 Å². The summed E-state index contributed by atoms with van der Waals surface area (Å²) in [4.78, 5) is 11.9. The highest BCUT2D eigenvalue weighted by Crippen LogP contribution is 2.29. The quantitative estimate of drug-likeness (QED) is 0.768. The summed E-state index contributed by atoms with van der Waals surface area (Å²) in [5.41, 5.74) is 7.69. The topological polar surface area (TPSA) is 43.1 Å². The van der Waals surface area contributed by atoms with Crippen molar-refractivity contribution in [3.63, 3.8) is 0 Å². The van der Waals surface area contributed by atoms with Crippen molar-refractivity contribution in [1.29, 1.82) is 0 Å². The number of anilines is 1. The summed E-state index contributed by atoms with van der Waals surface area (Å²) in [5, 5.41) is 0.688. The third kappa shape index (κ3) is 1.62. The third-order valence-electron chi connectivity index (χ3n) is 2.33. The van der Waals surface area contributed by atoms with Crippen LogP contribution in [-0.4, -0.2) is 0 Å². The van der Waals surface area contributed by atoms with Crippen molar-refractivity contribution in [2.75, 3.05) is 5.73 Å². The fraction of sp³-hybridized carbons (Fsp3) is 0.182. The molecule has 2 N–H and O–H groups in total. The predicted octanol–water partition coefficient (Wildman–Crippen LogP) is 3.11. The number of hydrogen-bond acceptors (Lipinski definition) is 3. The van der Waals surface area contributed by atoms with Gasteiger partial charge in [0.05, 0.1) is 0 Å². The van der Waals surface area contributed by atoms with Crippen molar-refractivity contribution >= 4 is 38.7 Å². The van der Waals surface area contributed by atoms with E-state index in [1.807, 2.05) is 26.0 Å². The van der Waals surface area contributed by atoms with Crippen LogP contribution in [0.5, 0.6) is 0 Å². The van der Waals surface area contributed by atoms with Crippen LogP contribution in [0.3, 0.4) is 0 Å². The zero-order valence-electron chi connectivity index (χ0n) is 8.43. The smallest absolute Gasteiger partial charge is 0.212 e. The molecule has 0 spiro atoms. The van der Waals surface area contributed by atoms with Crippen molar-refractivity contribution in [2.24, 2.45) is 0 Å². The van der Waals surface area contributed by atoms with Crippen LogP contribution in [0.2, 0.25) is 4.34 Å². The molecule has 1 aromatic carbocycles. The van der Waals surface area contributed by atoms with Gasteiger partial charge in [0.1, 0.15) is 10.0 Å². The van der Waals surface area contributed by atoms with Gasteiger partial charge in [0.2, 0.25) is 5.43 Å². The molecule has 1 heterocycles. The molecule has 0 aliphatic rings. The van der Waals surface area contributed by atoms with Gasteiger partial charge in [0, 0.05) is 10.1 Å². The van der Waals surface area contributed by atoms with E-state index in [4.69, 9.17) is 17.3 Å². The molecule has 0 unspecified atom stereocenters. The van der Waals surface area contributed by atoms with Gasteiger partial charge in [0.25, 0.3) is 0 Å². The first-order valence-corrected chi connectivity index (χ1v) is 5.69. The number of fused-ring (bicyclic) bond motifs is 1. The number of aryl methyl sites for hydroxylation is 2. The Morgan fingerprint density at radius 2 is 2.00 bits per heavy atom. The summed E-state index contributed by atoms with van der Waals surface area (Å²) in [5.74, 6) is 0. The molecule has 2 nitrogen and oxygen atoms in total. The zero-order valence-corrected chi connectivity index (χ0v) is 10.00. The highest BCUT2D eigenvalue weighted by molar-refractivity contribution is 7.22. The first-order chi connectivity index (χ1) is 7.00. The van der Waals surface area contributed by atoms with E-state index < -0.39 is 0 Å². The molecule has 0 aliphatic heterocycles. The van der Waals surface area contributed by atoms with Crippen LogP contribution in [0.1, 0.15) is 11.1 Å². The van der Waals surface area contributed by atoms with Crippen LogP contribution in [0.4, 0.5) is 5.69 Å². The lowest BCUT2D eigenvalue weighted by Crippen LogP contribution is -2.09. The highest BCUT2D eigenvalue weighted by Gasteiger charge is 2.10. The lowest BCUT2D eigenvalue weighted by Gasteiger charge is -2.05. The normalized spacial score (nSPS) is 10.9. The SMILES string of the molecule is Cc1cc(C)c2c(=O)c(N)c(Cl)sc2c1. The largest absolute Gasteiger partial charge is 0.394 e. The number of hydrogen-bond donors (Lipinski definition) is 1. The molecule has 0 bridgehead atoms. The highest BCUT2D eigenvalue weighted by atomic mass is 35.5. The maximum atomic E-state index is 11.9. The molecule has 4 heteroatoms. The van der Waals surface area contributed by atoms with Gasteiger partial charge in [-0.1, -0.05) is 17.7 Å². The minimum atomic E-state index is -0.161. The van der Waals surface area contributed by atoms with Gasteiger partial charge in [0.15, 0.2) is 0 Å². The number of rotatable bonds is 0. The average Bonchev–Trinajstić information content (AvgIpc) is 2.13. The van der Waals surface area contributed by atoms with E-state index in [9.17, 15) is 4.79 Å². The molecule has 1 aromatic heterocycles. The van der Waals surface area contributed by atoms with Crippen LogP contribution in [-0.2, 0) is 0 Å². The maximum absolute atomic E-state index is 11.9. The molecule has 2 rings (SSSR count). The lowest BCUT2D eigenvalue weighted by atomic mass is 10.1. The van der Waals surface area contributed by atoms with Gasteiger partial charge in [-0.15, -0.1) is 11.3 Å². The van der Waals surface area contributed by atoms with E-state index in [1.165, 1.54) is 11.3 Å². The monoisotopic (exact) mass is 239 g/mol. The van der Waals surface area contributed by atoms with Crippen LogP contribution in [0, 0.1) is 13.8 Å². The molecule has 0 amide bonds. The zero-order chi connectivity index (χ0) is 11.2. The lowest BCUT2D eigenvalue weighted by molar-refractivity contribution is 1.43. The minimum absolute atomic E-state index is 0.154. The molecular weight excluding hydrogens is 230 g/mol. The molecule has 0 radical (unpaired) electrons. The van der Waals surface area contributed by atoms with E-state index in [0.29, 0.717) is 9.72 Å². The fourth-order valence-electron chi connectivity index (χ4n) is 1.68. The van der Waals surface area contributed by atoms with Gasteiger partial charge in [-0.3, -0.25) is 4.79 Å². The first kappa shape index (κ1) is 10.5. The number of nitrogens with two attached hydrogens (primary N) is 1. The summed E-state index contributed by atoms with van der Waals surface area (Å²) in [7, 11) is 0. The van der Waals surface area contributed by atoms with Gasteiger partial charge < -0.3 is 5.73 Å². The number of nitrogen functional groups attached to an aromatic ring is 1. The molecule has 15 heavy (non-hydrogen) atoms. The Hall–Kier alpha value is -1.06. The van der Waals surface area contributed by atoms with Crippen molar-refractivity contribution < 1.29 is 0 Å². The average molecular weight is 240 g/mol. The maximum Gasteiger partial charge on any atom is 0.212 e. The Morgan fingerprint density at radius 1 is 1.33 bits per heavy atom. The van der Waals surface area contributed by atoms with Crippen LogP contribution in [0.25, 0.3) is 10.1 Å². The molecule has 0 aliphatic carbocycles. The minimum Gasteiger partial charge on any atom is -0.394 e. The Balaban J connectivity index is 3.06. The van der Waals surface area contributed by atoms with Crippen molar-refractivity contribution in [2.45, 2.75) is 13.8 Å². The van der Waals surface area contributed by atoms with E-state index in [0.717, 1.165) is 15.8 Å². The summed E-state index contributed by atoms with van der Waals surface area (Å²) in [6.45, 7) is 3.91. The summed E-state index contributed by atoms with van der Waals surface area (Å²) in [6, 6.07) is 3.93. The van der Waals surface area contributed by atoms with Crippen molar-refractivity contribution in [3.8, 4) is 0 Å². The molecular formula is C11H10ClNOS. The standard InChI is InChI=1S/C11H10ClNOS/c1-5-3-6(2)8-7(4-5)15-11(12)9(13)10(8)14/h3-4H,13H2,1-2H3. The van der Waals surface area contributed by atoms with E-state index in [2.05, 4.69) is 0 Å². The molecule has 0 saturated carbocycles. The van der Waals surface area contributed by atoms with Crippen LogP contribution < -0.4 is 11.2 Å². The molecule has 78 valence electrons. The van der Waals surface area contributed by atoms with Gasteiger partial charge in [-0.05, 0) is 31.0 Å². The van der Waals surface area contributed by atoms with E-state index in [1.54, 1.807) is 0 Å². The first-order valence-electron chi connectivity index (χ1n) is 4.49. The predicted molar refractivity (Wildman–Crippen MR) is 67.0 cm³/mol. The summed E-state index contributed by atoms with van der Waals surface area (Å²) in [6.07, 6.45) is 0. The van der Waals surface area contributed by atoms with Gasteiger partial charge in [-0.2, -0.15) is 0 Å². The van der Waals surface area contributed by atoms with Gasteiger partial charge >= 0.3 is 0 Å². The fourth-order valence-corrected chi connectivity index (χ4v) is 3.01. The Labute approximate surface area is 96.3 Å². The Kier molecular flexibility index (Phi) is 2.44. The molecule has 0 atom stereocenters. The van der Waals surface area contributed by atoms with Crippen LogP contribution in [0.15, 0.2) is 16.9 Å². The number of benzene rings is 1. The van der Waals surface area contributed by atoms with Crippen LogP contribution >= 0.6 is 22.9 Å². The summed E-state index contributed by atoms with van der Waals surface area (Å²) >= 11 is 7.24. The van der Waals surface area contributed by atoms with E-state index in [-0.39, 0.29) is 11.1 Å². The van der Waals surface area contributed by atoms with E-state index >= 15 is 0 Å². The molecule has 0 saturated heterocycles.